The summed E-state index contributed by atoms with van der Waals surface area (Å²) < 4.78 is 12.8. The predicted molar refractivity (Wildman–Crippen MR) is 147 cm³/mol. The number of hydrogen-bond donors (Lipinski definition) is 0. The van der Waals surface area contributed by atoms with Gasteiger partial charge in [0.1, 0.15) is 0 Å². The van der Waals surface area contributed by atoms with E-state index in [9.17, 15) is 4.79 Å². The summed E-state index contributed by atoms with van der Waals surface area (Å²) in [6, 6.07) is 0. The number of morpholine rings is 1. The summed E-state index contributed by atoms with van der Waals surface area (Å²) in [6.07, 6.45) is 9.04. The zero-order valence-corrected chi connectivity index (χ0v) is 25.3. The lowest BCUT2D eigenvalue weighted by atomic mass is 9.50. The van der Waals surface area contributed by atoms with Crippen LogP contribution < -0.4 is 0 Å². The van der Waals surface area contributed by atoms with Crippen LogP contribution in [0.4, 0.5) is 0 Å². The monoisotopic (exact) mass is 503 g/mol. The Morgan fingerprint density at radius 1 is 1.14 bits per heavy atom. The Bertz CT molecular complexity index is 800. The van der Waals surface area contributed by atoms with Gasteiger partial charge < -0.3 is 14.4 Å². The summed E-state index contributed by atoms with van der Waals surface area (Å²) in [4.78, 5) is 14.6. The molecule has 4 aliphatic rings. The predicted octanol–water partition coefficient (Wildman–Crippen LogP) is 7.55. The van der Waals surface area contributed by atoms with Gasteiger partial charge in [-0.05, 0) is 83.9 Å². The van der Waals surface area contributed by atoms with Gasteiger partial charge in [0.25, 0.3) is 0 Å². The van der Waals surface area contributed by atoms with E-state index in [1.54, 1.807) is 0 Å². The molecule has 208 valence electrons. The van der Waals surface area contributed by atoms with E-state index in [0.717, 1.165) is 24.2 Å². The molecule has 4 nitrogen and oxygen atoms in total. The molecule has 1 saturated heterocycles. The number of ether oxygens (including phenoxy) is 2. The molecule has 0 aromatic heterocycles. The van der Waals surface area contributed by atoms with Crippen LogP contribution in [0.3, 0.4) is 0 Å². The molecule has 0 N–H and O–H groups in total. The summed E-state index contributed by atoms with van der Waals surface area (Å²) >= 11 is 0. The van der Waals surface area contributed by atoms with Crippen molar-refractivity contribution in [2.45, 2.75) is 127 Å². The lowest BCUT2D eigenvalue weighted by Gasteiger charge is -2.57. The van der Waals surface area contributed by atoms with Crippen molar-refractivity contribution in [2.75, 3.05) is 19.7 Å². The second-order valence-electron chi connectivity index (χ2n) is 15.0. The number of hydrogen-bond acceptors (Lipinski definition) is 3. The molecule has 0 bridgehead atoms. The molecule has 1 heterocycles. The molecule has 1 aliphatic heterocycles. The Balaban J connectivity index is 1.52. The first kappa shape index (κ1) is 28.4. The van der Waals surface area contributed by atoms with Gasteiger partial charge in [-0.15, -0.1) is 0 Å². The zero-order valence-electron chi connectivity index (χ0n) is 25.3. The number of rotatable bonds is 7. The molecule has 3 aliphatic carbocycles. The molecule has 4 fully saturated rings. The number of amides is 1. The van der Waals surface area contributed by atoms with E-state index in [4.69, 9.17) is 9.47 Å². The number of nitrogens with zero attached hydrogens (tertiary/aromatic N) is 1. The minimum atomic E-state index is -0.292. The van der Waals surface area contributed by atoms with E-state index >= 15 is 0 Å². The molecule has 0 aromatic carbocycles. The first-order valence-electron chi connectivity index (χ1n) is 15.3. The van der Waals surface area contributed by atoms with E-state index in [2.05, 4.69) is 55.4 Å². The van der Waals surface area contributed by atoms with E-state index in [1.807, 2.05) is 18.7 Å². The molecule has 1 spiro atoms. The molecular weight excluding hydrogens is 446 g/mol. The highest BCUT2D eigenvalue weighted by atomic mass is 16.7. The SMILES string of the molecule is CCC(CC(C)(C)C)[C@@H]1CCC2C(C)(C)[C@@H](OC3CN(C(=O)C(C)C)CCO3)CC[C@@]23C(C)[C@@]13CC. The fraction of sp³-hybridized carbons (Fsp3) is 0.969. The van der Waals surface area contributed by atoms with Crippen molar-refractivity contribution in [1.29, 1.82) is 0 Å². The van der Waals surface area contributed by atoms with Crippen LogP contribution in [0.5, 0.6) is 0 Å². The van der Waals surface area contributed by atoms with E-state index < -0.39 is 0 Å². The lowest BCUT2D eigenvalue weighted by molar-refractivity contribution is -0.243. The van der Waals surface area contributed by atoms with Crippen LogP contribution in [0.2, 0.25) is 0 Å². The highest BCUT2D eigenvalue weighted by molar-refractivity contribution is 5.78. The summed E-state index contributed by atoms with van der Waals surface area (Å²) in [7, 11) is 0. The van der Waals surface area contributed by atoms with Crippen molar-refractivity contribution in [1.82, 2.24) is 4.90 Å². The van der Waals surface area contributed by atoms with E-state index in [1.165, 1.54) is 38.5 Å². The van der Waals surface area contributed by atoms with Crippen LogP contribution in [0, 0.1) is 51.2 Å². The highest BCUT2D eigenvalue weighted by Crippen LogP contribution is 2.86. The third-order valence-corrected chi connectivity index (χ3v) is 11.6. The first-order chi connectivity index (χ1) is 16.8. The largest absolute Gasteiger partial charge is 0.349 e. The first-order valence-corrected chi connectivity index (χ1v) is 15.3. The Kier molecular flexibility index (Phi) is 7.77. The fourth-order valence-electron chi connectivity index (χ4n) is 10.3. The normalized spacial score (nSPS) is 41.0. The van der Waals surface area contributed by atoms with Crippen LogP contribution >= 0.6 is 0 Å². The summed E-state index contributed by atoms with van der Waals surface area (Å²) in [6.45, 7) is 25.6. The maximum atomic E-state index is 12.6. The maximum absolute atomic E-state index is 12.6. The summed E-state index contributed by atoms with van der Waals surface area (Å²) in [5.74, 6) is 3.46. The van der Waals surface area contributed by atoms with Crippen molar-refractivity contribution in [3.8, 4) is 0 Å². The van der Waals surface area contributed by atoms with Gasteiger partial charge in [0, 0.05) is 12.5 Å². The van der Waals surface area contributed by atoms with Gasteiger partial charge in [0.05, 0.1) is 19.3 Å². The fourth-order valence-corrected chi connectivity index (χ4v) is 10.3. The van der Waals surface area contributed by atoms with Crippen molar-refractivity contribution >= 4 is 5.91 Å². The third-order valence-electron chi connectivity index (χ3n) is 11.6. The van der Waals surface area contributed by atoms with Crippen molar-refractivity contribution in [3.63, 3.8) is 0 Å². The van der Waals surface area contributed by atoms with Crippen molar-refractivity contribution in [2.24, 2.45) is 51.2 Å². The minimum absolute atomic E-state index is 0.0219. The second-order valence-corrected chi connectivity index (χ2v) is 15.0. The molecule has 4 heteroatoms. The van der Waals surface area contributed by atoms with Gasteiger partial charge in [-0.1, -0.05) is 75.7 Å². The van der Waals surface area contributed by atoms with Crippen molar-refractivity contribution < 1.29 is 14.3 Å². The Morgan fingerprint density at radius 2 is 1.83 bits per heavy atom. The molecule has 0 aromatic rings. The Morgan fingerprint density at radius 3 is 2.42 bits per heavy atom. The lowest BCUT2D eigenvalue weighted by Crippen LogP contribution is -2.55. The molecule has 36 heavy (non-hydrogen) atoms. The zero-order chi connectivity index (χ0) is 26.7. The van der Waals surface area contributed by atoms with Gasteiger partial charge in [0.2, 0.25) is 5.91 Å². The average molecular weight is 504 g/mol. The molecule has 0 radical (unpaired) electrons. The van der Waals surface area contributed by atoms with Gasteiger partial charge in [-0.3, -0.25) is 4.79 Å². The maximum Gasteiger partial charge on any atom is 0.225 e. The molecular formula is C32H57NO3. The molecule has 4 unspecified atom stereocenters. The van der Waals surface area contributed by atoms with Crippen LogP contribution in [-0.4, -0.2) is 42.9 Å². The Hall–Kier alpha value is -0.610. The van der Waals surface area contributed by atoms with Gasteiger partial charge in [-0.2, -0.15) is 0 Å². The highest BCUT2D eigenvalue weighted by Gasteiger charge is 2.81. The van der Waals surface area contributed by atoms with Gasteiger partial charge in [-0.25, -0.2) is 0 Å². The topological polar surface area (TPSA) is 38.8 Å². The molecule has 3 saturated carbocycles. The van der Waals surface area contributed by atoms with Crippen LogP contribution in [-0.2, 0) is 14.3 Å². The smallest absolute Gasteiger partial charge is 0.225 e. The van der Waals surface area contributed by atoms with Crippen LogP contribution in [0.1, 0.15) is 114 Å². The van der Waals surface area contributed by atoms with Crippen LogP contribution in [0.15, 0.2) is 0 Å². The third kappa shape index (κ3) is 4.38. The van der Waals surface area contributed by atoms with Crippen molar-refractivity contribution in [3.05, 3.63) is 0 Å². The van der Waals surface area contributed by atoms with Gasteiger partial charge >= 0.3 is 0 Å². The standard InChI is InChI=1S/C32H57NO3/c1-11-23(19-29(6,7)8)24-13-14-25-30(9,10)26(15-16-32(25)22(5)31(24,32)12-2)36-27-20-33(17-18-35-27)28(34)21(3)4/h21-27H,11-20H2,1-10H3/t22?,23?,24-,25?,26-,27?,31-,32+/m0/s1. The molecule has 4 rings (SSSR count). The molecule has 1 amide bonds. The number of carbonyl (C=O) groups is 1. The van der Waals surface area contributed by atoms with E-state index in [0.29, 0.717) is 41.9 Å². The minimum Gasteiger partial charge on any atom is -0.349 e. The number of carbonyl (C=O) groups excluding carboxylic acids is 1. The Labute approximate surface area is 222 Å². The molecule has 8 atom stereocenters. The summed E-state index contributed by atoms with van der Waals surface area (Å²) in [5.41, 5.74) is 1.50. The van der Waals surface area contributed by atoms with E-state index in [-0.39, 0.29) is 29.6 Å². The quantitative estimate of drug-likeness (QED) is 0.360. The van der Waals surface area contributed by atoms with Crippen LogP contribution in [0.25, 0.3) is 0 Å². The average Bonchev–Trinajstić information content (AvgIpc) is 3.36. The second kappa shape index (κ2) is 9.85. The summed E-state index contributed by atoms with van der Waals surface area (Å²) in [5, 5.41) is 0. The van der Waals surface area contributed by atoms with Gasteiger partial charge in [0.15, 0.2) is 6.29 Å².